The van der Waals surface area contributed by atoms with Gasteiger partial charge in [-0.1, -0.05) is 44.9 Å². The Labute approximate surface area is 125 Å². The van der Waals surface area contributed by atoms with E-state index in [1.807, 2.05) is 31.2 Å². The first kappa shape index (κ1) is 15.7. The molecular formula is C17H26O2S. The summed E-state index contributed by atoms with van der Waals surface area (Å²) in [6.45, 7) is 8.78. The van der Waals surface area contributed by atoms with Gasteiger partial charge < -0.3 is 0 Å². The van der Waals surface area contributed by atoms with Crippen molar-refractivity contribution in [3.63, 3.8) is 0 Å². The Kier molecular flexibility index (Phi) is 5.39. The van der Waals surface area contributed by atoms with E-state index < -0.39 is 11.1 Å². The SMILES string of the molecule is Cc1ccc(S(=O)OC2C[C@@H](C)CCC2C(C)C)cc1. The maximum Gasteiger partial charge on any atom is 0.189 e. The quantitative estimate of drug-likeness (QED) is 0.817. The van der Waals surface area contributed by atoms with Crippen LogP contribution >= 0.6 is 0 Å². The minimum atomic E-state index is -1.34. The zero-order chi connectivity index (χ0) is 14.7. The molecule has 0 radical (unpaired) electrons. The van der Waals surface area contributed by atoms with Crippen molar-refractivity contribution in [2.24, 2.45) is 17.8 Å². The molecule has 1 aromatic rings. The van der Waals surface area contributed by atoms with E-state index in [-0.39, 0.29) is 6.10 Å². The molecule has 0 aliphatic heterocycles. The summed E-state index contributed by atoms with van der Waals surface area (Å²) in [5.74, 6) is 1.79. The molecule has 3 heteroatoms. The molecule has 0 saturated heterocycles. The van der Waals surface area contributed by atoms with Gasteiger partial charge in [-0.15, -0.1) is 0 Å². The Morgan fingerprint density at radius 3 is 2.45 bits per heavy atom. The lowest BCUT2D eigenvalue weighted by Gasteiger charge is -2.36. The fraction of sp³-hybridized carbons (Fsp3) is 0.647. The molecule has 2 rings (SSSR count). The van der Waals surface area contributed by atoms with Gasteiger partial charge in [-0.05, 0) is 49.7 Å². The highest BCUT2D eigenvalue weighted by Crippen LogP contribution is 2.36. The van der Waals surface area contributed by atoms with Crippen LogP contribution < -0.4 is 0 Å². The number of hydrogen-bond donors (Lipinski definition) is 0. The topological polar surface area (TPSA) is 26.3 Å². The molecule has 1 aliphatic carbocycles. The third-order valence-corrected chi connectivity index (χ3v) is 5.46. The van der Waals surface area contributed by atoms with Crippen LogP contribution in [0.5, 0.6) is 0 Å². The average Bonchev–Trinajstić information content (AvgIpc) is 2.39. The monoisotopic (exact) mass is 294 g/mol. The zero-order valence-corrected chi connectivity index (χ0v) is 13.8. The number of hydrogen-bond acceptors (Lipinski definition) is 2. The smallest absolute Gasteiger partial charge is 0.189 e. The Balaban J connectivity index is 2.05. The first-order valence-corrected chi connectivity index (χ1v) is 8.70. The lowest BCUT2D eigenvalue weighted by Crippen LogP contribution is -2.34. The van der Waals surface area contributed by atoms with Crippen LogP contribution in [0.4, 0.5) is 0 Å². The normalized spacial score (nSPS) is 28.6. The Morgan fingerprint density at radius 1 is 1.20 bits per heavy atom. The fourth-order valence-electron chi connectivity index (χ4n) is 3.04. The molecule has 1 fully saturated rings. The fourth-order valence-corrected chi connectivity index (χ4v) is 3.96. The van der Waals surface area contributed by atoms with Crippen LogP contribution in [0.2, 0.25) is 0 Å². The van der Waals surface area contributed by atoms with Crippen LogP contribution in [0.1, 0.15) is 45.6 Å². The second kappa shape index (κ2) is 6.86. The molecule has 0 N–H and O–H groups in total. The molecule has 1 aromatic carbocycles. The molecule has 3 unspecified atom stereocenters. The highest BCUT2D eigenvalue weighted by molar-refractivity contribution is 7.80. The van der Waals surface area contributed by atoms with Gasteiger partial charge in [-0.25, -0.2) is 4.21 Å². The highest BCUT2D eigenvalue weighted by Gasteiger charge is 2.33. The van der Waals surface area contributed by atoms with Gasteiger partial charge >= 0.3 is 0 Å². The largest absolute Gasteiger partial charge is 0.283 e. The van der Waals surface area contributed by atoms with Gasteiger partial charge in [-0.2, -0.15) is 0 Å². The Hall–Kier alpha value is -0.670. The van der Waals surface area contributed by atoms with Gasteiger partial charge in [0.2, 0.25) is 0 Å². The van der Waals surface area contributed by atoms with Crippen molar-refractivity contribution < 1.29 is 8.39 Å². The summed E-state index contributed by atoms with van der Waals surface area (Å²) in [7, 11) is 0. The predicted molar refractivity (Wildman–Crippen MR) is 83.8 cm³/mol. The third-order valence-electron chi connectivity index (χ3n) is 4.39. The van der Waals surface area contributed by atoms with E-state index in [0.29, 0.717) is 17.8 Å². The molecule has 0 spiro atoms. The Bertz CT molecular complexity index is 453. The van der Waals surface area contributed by atoms with Crippen LogP contribution in [-0.2, 0) is 15.3 Å². The van der Waals surface area contributed by atoms with Crippen LogP contribution in [-0.4, -0.2) is 10.3 Å². The minimum absolute atomic E-state index is 0.126. The molecule has 2 nitrogen and oxygen atoms in total. The molecule has 0 bridgehead atoms. The van der Waals surface area contributed by atoms with E-state index >= 15 is 0 Å². The summed E-state index contributed by atoms with van der Waals surface area (Å²) < 4.78 is 18.3. The van der Waals surface area contributed by atoms with Gasteiger partial charge in [0.25, 0.3) is 0 Å². The van der Waals surface area contributed by atoms with Gasteiger partial charge in [0.1, 0.15) is 0 Å². The van der Waals surface area contributed by atoms with E-state index in [2.05, 4.69) is 20.8 Å². The van der Waals surface area contributed by atoms with E-state index in [0.717, 1.165) is 11.3 Å². The van der Waals surface area contributed by atoms with Crippen molar-refractivity contribution in [3.05, 3.63) is 29.8 Å². The standard InChI is InChI=1S/C17H26O2S/c1-12(2)16-10-7-14(4)11-17(16)19-20(18)15-8-5-13(3)6-9-15/h5-6,8-9,12,14,16-17H,7,10-11H2,1-4H3/t14-,16?,17?,20?/m0/s1. The molecule has 0 amide bonds. The molecule has 1 saturated carbocycles. The van der Waals surface area contributed by atoms with E-state index in [1.54, 1.807) is 0 Å². The minimum Gasteiger partial charge on any atom is -0.283 e. The van der Waals surface area contributed by atoms with Crippen molar-refractivity contribution in [1.29, 1.82) is 0 Å². The average molecular weight is 294 g/mol. The molecule has 0 aromatic heterocycles. The van der Waals surface area contributed by atoms with Crippen molar-refractivity contribution in [2.75, 3.05) is 0 Å². The van der Waals surface area contributed by atoms with Crippen LogP contribution in [0.3, 0.4) is 0 Å². The summed E-state index contributed by atoms with van der Waals surface area (Å²) in [5, 5.41) is 0. The molecule has 1 aliphatic rings. The van der Waals surface area contributed by atoms with Gasteiger partial charge in [0.15, 0.2) is 11.1 Å². The van der Waals surface area contributed by atoms with E-state index in [9.17, 15) is 4.21 Å². The van der Waals surface area contributed by atoms with Crippen molar-refractivity contribution in [2.45, 2.75) is 58.0 Å². The summed E-state index contributed by atoms with van der Waals surface area (Å²) in [5.41, 5.74) is 1.18. The van der Waals surface area contributed by atoms with Crippen molar-refractivity contribution in [1.82, 2.24) is 0 Å². The Morgan fingerprint density at radius 2 is 1.85 bits per heavy atom. The third kappa shape index (κ3) is 3.92. The molecule has 4 atom stereocenters. The van der Waals surface area contributed by atoms with Crippen LogP contribution in [0.25, 0.3) is 0 Å². The van der Waals surface area contributed by atoms with Gasteiger partial charge in [0, 0.05) is 0 Å². The zero-order valence-electron chi connectivity index (χ0n) is 13.0. The summed E-state index contributed by atoms with van der Waals surface area (Å²) in [6, 6.07) is 7.78. The van der Waals surface area contributed by atoms with Gasteiger partial charge in [-0.3, -0.25) is 4.18 Å². The first-order valence-electron chi connectivity index (χ1n) is 7.63. The lowest BCUT2D eigenvalue weighted by molar-refractivity contribution is 0.0567. The number of aryl methyl sites for hydroxylation is 1. The molecule has 112 valence electrons. The first-order chi connectivity index (χ1) is 9.47. The molecule has 20 heavy (non-hydrogen) atoms. The van der Waals surface area contributed by atoms with E-state index in [1.165, 1.54) is 18.4 Å². The molecule has 0 heterocycles. The maximum absolute atomic E-state index is 12.4. The predicted octanol–water partition coefficient (Wildman–Crippen LogP) is 4.50. The second-order valence-corrected chi connectivity index (χ2v) is 7.64. The number of rotatable bonds is 4. The summed E-state index contributed by atoms with van der Waals surface area (Å²) in [4.78, 5) is 0.774. The lowest BCUT2D eigenvalue weighted by atomic mass is 9.75. The van der Waals surface area contributed by atoms with Crippen LogP contribution in [0.15, 0.2) is 29.2 Å². The number of benzene rings is 1. The summed E-state index contributed by atoms with van der Waals surface area (Å²) in [6.07, 6.45) is 3.61. The maximum atomic E-state index is 12.4. The summed E-state index contributed by atoms with van der Waals surface area (Å²) >= 11 is -1.34. The van der Waals surface area contributed by atoms with E-state index in [4.69, 9.17) is 4.18 Å². The van der Waals surface area contributed by atoms with Crippen molar-refractivity contribution in [3.8, 4) is 0 Å². The highest BCUT2D eigenvalue weighted by atomic mass is 32.2. The van der Waals surface area contributed by atoms with Crippen molar-refractivity contribution >= 4 is 11.1 Å². The molecular weight excluding hydrogens is 268 g/mol. The second-order valence-electron chi connectivity index (χ2n) is 6.51. The van der Waals surface area contributed by atoms with Crippen LogP contribution in [0, 0.1) is 24.7 Å². The van der Waals surface area contributed by atoms with Gasteiger partial charge in [0.05, 0.1) is 11.0 Å².